The van der Waals surface area contributed by atoms with Gasteiger partial charge in [-0.05, 0) is 30.5 Å². The van der Waals surface area contributed by atoms with Crippen LogP contribution in [0.2, 0.25) is 0 Å². The van der Waals surface area contributed by atoms with Crippen LogP contribution in [0.15, 0.2) is 24.3 Å². The lowest BCUT2D eigenvalue weighted by Gasteiger charge is -2.15. The number of hydrogen-bond donors (Lipinski definition) is 0. The SMILES string of the molecule is CC(C)c1ccc(O[C@@H](C)C(=O)[O-])cc1. The fourth-order valence-corrected chi connectivity index (χ4v) is 1.18. The molecule has 3 nitrogen and oxygen atoms in total. The Morgan fingerprint density at radius 2 is 1.73 bits per heavy atom. The van der Waals surface area contributed by atoms with Gasteiger partial charge in [0.2, 0.25) is 0 Å². The molecule has 1 atom stereocenters. The van der Waals surface area contributed by atoms with E-state index in [4.69, 9.17) is 4.74 Å². The number of ether oxygens (including phenoxy) is 1. The van der Waals surface area contributed by atoms with Crippen molar-refractivity contribution in [2.24, 2.45) is 0 Å². The summed E-state index contributed by atoms with van der Waals surface area (Å²) >= 11 is 0. The summed E-state index contributed by atoms with van der Waals surface area (Å²) in [4.78, 5) is 10.4. The third kappa shape index (κ3) is 3.27. The van der Waals surface area contributed by atoms with Crippen molar-refractivity contribution in [1.82, 2.24) is 0 Å². The molecule has 0 unspecified atom stereocenters. The summed E-state index contributed by atoms with van der Waals surface area (Å²) in [6, 6.07) is 7.41. The third-order valence-corrected chi connectivity index (χ3v) is 2.19. The molecule has 3 heteroatoms. The van der Waals surface area contributed by atoms with Crippen molar-refractivity contribution in [3.05, 3.63) is 29.8 Å². The summed E-state index contributed by atoms with van der Waals surface area (Å²) in [6.07, 6.45) is -0.921. The van der Waals surface area contributed by atoms with E-state index in [0.29, 0.717) is 11.7 Å². The highest BCUT2D eigenvalue weighted by Crippen LogP contribution is 2.19. The van der Waals surface area contributed by atoms with Gasteiger partial charge in [0.15, 0.2) is 0 Å². The number of rotatable bonds is 4. The molecule has 0 spiro atoms. The van der Waals surface area contributed by atoms with Gasteiger partial charge < -0.3 is 14.6 Å². The van der Waals surface area contributed by atoms with Gasteiger partial charge in [-0.2, -0.15) is 0 Å². The van der Waals surface area contributed by atoms with Crippen molar-refractivity contribution >= 4 is 5.97 Å². The molecular formula is C12H15O3-. The maximum Gasteiger partial charge on any atom is 0.135 e. The van der Waals surface area contributed by atoms with Crippen molar-refractivity contribution in [3.63, 3.8) is 0 Å². The highest BCUT2D eigenvalue weighted by molar-refractivity contribution is 5.69. The summed E-state index contributed by atoms with van der Waals surface area (Å²) in [5, 5.41) is 10.4. The Morgan fingerprint density at radius 1 is 1.20 bits per heavy atom. The predicted octanol–water partition coefficient (Wildman–Crippen LogP) is 1.33. The van der Waals surface area contributed by atoms with Crippen molar-refractivity contribution in [2.75, 3.05) is 0 Å². The molecule has 0 heterocycles. The highest BCUT2D eigenvalue weighted by atomic mass is 16.5. The molecule has 15 heavy (non-hydrogen) atoms. The van der Waals surface area contributed by atoms with Crippen LogP contribution < -0.4 is 9.84 Å². The lowest BCUT2D eigenvalue weighted by Crippen LogP contribution is -2.37. The zero-order valence-corrected chi connectivity index (χ0v) is 9.19. The highest BCUT2D eigenvalue weighted by Gasteiger charge is 2.05. The average molecular weight is 207 g/mol. The zero-order chi connectivity index (χ0) is 11.4. The Hall–Kier alpha value is -1.51. The van der Waals surface area contributed by atoms with E-state index in [9.17, 15) is 9.90 Å². The Bertz CT molecular complexity index is 327. The molecule has 0 saturated carbocycles. The van der Waals surface area contributed by atoms with Gasteiger partial charge >= 0.3 is 0 Å². The molecule has 1 rings (SSSR count). The maximum absolute atomic E-state index is 10.4. The summed E-state index contributed by atoms with van der Waals surface area (Å²) in [5.74, 6) is -0.198. The minimum atomic E-state index is -1.21. The smallest absolute Gasteiger partial charge is 0.135 e. The van der Waals surface area contributed by atoms with E-state index in [1.807, 2.05) is 12.1 Å². The van der Waals surface area contributed by atoms with Gasteiger partial charge in [-0.15, -0.1) is 0 Å². The molecule has 1 aromatic carbocycles. The van der Waals surface area contributed by atoms with E-state index < -0.39 is 12.1 Å². The molecule has 0 amide bonds. The zero-order valence-electron chi connectivity index (χ0n) is 9.19. The van der Waals surface area contributed by atoms with Crippen LogP contribution in [0.5, 0.6) is 5.75 Å². The molecule has 0 aliphatic carbocycles. The lowest BCUT2D eigenvalue weighted by atomic mass is 10.0. The Kier molecular flexibility index (Phi) is 3.72. The number of aliphatic carboxylic acids is 1. The second-order valence-corrected chi connectivity index (χ2v) is 3.80. The summed E-state index contributed by atoms with van der Waals surface area (Å²) < 4.78 is 5.15. The van der Waals surface area contributed by atoms with E-state index in [0.717, 1.165) is 0 Å². The van der Waals surface area contributed by atoms with E-state index in [1.54, 1.807) is 12.1 Å². The van der Waals surface area contributed by atoms with Crippen LogP contribution >= 0.6 is 0 Å². The first kappa shape index (κ1) is 11.6. The van der Waals surface area contributed by atoms with Crippen molar-refractivity contribution in [3.8, 4) is 5.75 Å². The summed E-state index contributed by atoms with van der Waals surface area (Å²) in [7, 11) is 0. The van der Waals surface area contributed by atoms with Crippen LogP contribution in [0, 0.1) is 0 Å². The number of benzene rings is 1. The normalized spacial score (nSPS) is 12.5. The minimum absolute atomic E-state index is 0.456. The van der Waals surface area contributed by atoms with Crippen LogP contribution in [0.1, 0.15) is 32.3 Å². The molecule has 82 valence electrons. The molecule has 0 bridgehead atoms. The van der Waals surface area contributed by atoms with Gasteiger partial charge in [-0.25, -0.2) is 0 Å². The standard InChI is InChI=1S/C12H16O3/c1-8(2)10-4-6-11(7-5-10)15-9(3)12(13)14/h4-9H,1-3H3,(H,13,14)/p-1/t9-/m0/s1. The largest absolute Gasteiger partial charge is 0.546 e. The molecule has 0 fully saturated rings. The minimum Gasteiger partial charge on any atom is -0.546 e. The first-order valence-electron chi connectivity index (χ1n) is 4.98. The predicted molar refractivity (Wildman–Crippen MR) is 55.6 cm³/mol. The molecule has 0 aromatic heterocycles. The van der Waals surface area contributed by atoms with Crippen LogP contribution in [-0.4, -0.2) is 12.1 Å². The molecular weight excluding hydrogens is 192 g/mol. The van der Waals surface area contributed by atoms with Gasteiger partial charge in [-0.3, -0.25) is 0 Å². The molecule has 0 aliphatic rings. The first-order valence-corrected chi connectivity index (χ1v) is 4.98. The molecule has 0 saturated heterocycles. The average Bonchev–Trinajstić information content (AvgIpc) is 2.18. The maximum atomic E-state index is 10.4. The van der Waals surface area contributed by atoms with Crippen LogP contribution in [0.3, 0.4) is 0 Å². The number of carbonyl (C=O) groups excluding carboxylic acids is 1. The number of carboxylic acids is 1. The van der Waals surface area contributed by atoms with Gasteiger partial charge in [0.05, 0.1) is 5.97 Å². The van der Waals surface area contributed by atoms with E-state index in [2.05, 4.69) is 13.8 Å². The third-order valence-electron chi connectivity index (χ3n) is 2.19. The van der Waals surface area contributed by atoms with E-state index in [1.165, 1.54) is 12.5 Å². The topological polar surface area (TPSA) is 49.4 Å². The lowest BCUT2D eigenvalue weighted by molar-refractivity contribution is -0.312. The summed E-state index contributed by atoms with van der Waals surface area (Å²) in [5.41, 5.74) is 1.20. The second kappa shape index (κ2) is 4.82. The van der Waals surface area contributed by atoms with Crippen LogP contribution in [0.25, 0.3) is 0 Å². The number of carbonyl (C=O) groups is 1. The van der Waals surface area contributed by atoms with Crippen molar-refractivity contribution in [2.45, 2.75) is 32.8 Å². The number of carboxylic acid groups (broad SMARTS) is 1. The monoisotopic (exact) mass is 207 g/mol. The Labute approximate surface area is 89.7 Å². The molecule has 1 aromatic rings. The molecule has 0 N–H and O–H groups in total. The van der Waals surface area contributed by atoms with Gasteiger partial charge in [0, 0.05) is 0 Å². The fourth-order valence-electron chi connectivity index (χ4n) is 1.18. The van der Waals surface area contributed by atoms with Gasteiger partial charge in [0.25, 0.3) is 0 Å². The van der Waals surface area contributed by atoms with Gasteiger partial charge in [-0.1, -0.05) is 26.0 Å². The number of hydrogen-bond acceptors (Lipinski definition) is 3. The Morgan fingerprint density at radius 3 is 2.13 bits per heavy atom. The second-order valence-electron chi connectivity index (χ2n) is 3.80. The van der Waals surface area contributed by atoms with E-state index in [-0.39, 0.29) is 0 Å². The summed E-state index contributed by atoms with van der Waals surface area (Å²) in [6.45, 7) is 5.64. The Balaban J connectivity index is 2.68. The van der Waals surface area contributed by atoms with Crippen LogP contribution in [0.4, 0.5) is 0 Å². The molecule has 0 radical (unpaired) electrons. The fraction of sp³-hybridized carbons (Fsp3) is 0.417. The van der Waals surface area contributed by atoms with Crippen molar-refractivity contribution < 1.29 is 14.6 Å². The van der Waals surface area contributed by atoms with Crippen LogP contribution in [-0.2, 0) is 4.79 Å². The molecule has 0 aliphatic heterocycles. The quantitative estimate of drug-likeness (QED) is 0.748. The van der Waals surface area contributed by atoms with Gasteiger partial charge in [0.1, 0.15) is 11.9 Å². The first-order chi connectivity index (χ1) is 7.00. The van der Waals surface area contributed by atoms with Crippen molar-refractivity contribution in [1.29, 1.82) is 0 Å². The van der Waals surface area contributed by atoms with E-state index >= 15 is 0 Å².